The first-order chi connectivity index (χ1) is 7.40. The van der Waals surface area contributed by atoms with E-state index in [1.165, 1.54) is 0 Å². The van der Waals surface area contributed by atoms with E-state index in [1.807, 2.05) is 40.9 Å². The van der Waals surface area contributed by atoms with Crippen molar-refractivity contribution in [3.05, 3.63) is 23.7 Å². The minimum Gasteiger partial charge on any atom is -0.533 e. The van der Waals surface area contributed by atoms with Gasteiger partial charge in [0.15, 0.2) is 0 Å². The highest BCUT2D eigenvalue weighted by atomic mass is 16.7. The number of hydrogen-bond acceptors (Lipinski definition) is 3. The summed E-state index contributed by atoms with van der Waals surface area (Å²) in [7, 11) is 1.54. The van der Waals surface area contributed by atoms with Crippen LogP contribution in [0.4, 0.5) is 0 Å². The van der Waals surface area contributed by atoms with E-state index in [2.05, 4.69) is 5.10 Å². The topological polar surface area (TPSA) is 36.3 Å². The molecule has 0 atom stereocenters. The Labute approximate surface area is 96.4 Å². The van der Waals surface area contributed by atoms with Crippen molar-refractivity contribution >= 4 is 12.6 Å². The second kappa shape index (κ2) is 3.66. The summed E-state index contributed by atoms with van der Waals surface area (Å²) < 4.78 is 13.5. The van der Waals surface area contributed by atoms with Crippen molar-refractivity contribution in [2.45, 2.75) is 33.3 Å². The molecule has 2 rings (SSSR count). The van der Waals surface area contributed by atoms with Gasteiger partial charge < -0.3 is 9.31 Å². The van der Waals surface area contributed by atoms with Gasteiger partial charge in [0.05, 0.1) is 6.20 Å². The first-order valence-corrected chi connectivity index (χ1v) is 5.41. The van der Waals surface area contributed by atoms with Crippen LogP contribution in [0.2, 0.25) is 0 Å². The van der Waals surface area contributed by atoms with E-state index in [4.69, 9.17) is 9.31 Å². The van der Waals surface area contributed by atoms with Crippen LogP contribution >= 0.6 is 0 Å². The smallest absolute Gasteiger partial charge is 0.533 e. The molecule has 0 bridgehead atoms. The molecule has 0 spiro atoms. The van der Waals surface area contributed by atoms with Crippen LogP contribution in [0.5, 0.6) is 0 Å². The van der Waals surface area contributed by atoms with Crippen molar-refractivity contribution in [1.29, 1.82) is 0 Å². The number of nitrogens with zero attached hydrogens (tertiary/aromatic N) is 2. The fraction of sp³-hybridized carbons (Fsp3) is 0.545. The summed E-state index contributed by atoms with van der Waals surface area (Å²) in [6.07, 6.45) is 3.68. The molecule has 1 saturated heterocycles. The Kier molecular flexibility index (Phi) is 2.58. The van der Waals surface area contributed by atoms with Gasteiger partial charge in [-0.2, -0.15) is 5.10 Å². The molecule has 0 unspecified atom stereocenters. The van der Waals surface area contributed by atoms with Crippen LogP contribution in [0.15, 0.2) is 23.7 Å². The number of rotatable bonds is 1. The summed E-state index contributed by atoms with van der Waals surface area (Å²) in [5.41, 5.74) is 1.74. The number of aromatic nitrogens is 2. The van der Waals surface area contributed by atoms with Crippen LogP contribution in [0.3, 0.4) is 0 Å². The Bertz CT molecular complexity index is 433. The lowest BCUT2D eigenvalue weighted by Gasteiger charge is -2.18. The monoisotopic (exact) mass is 220 g/mol. The Morgan fingerprint density at radius 1 is 1.44 bits per heavy atom. The van der Waals surface area contributed by atoms with Crippen molar-refractivity contribution in [2.24, 2.45) is 7.05 Å². The molecule has 0 radical (unpaired) electrons. The predicted octanol–water partition coefficient (Wildman–Crippen LogP) is 1.23. The third-order valence-electron chi connectivity index (χ3n) is 2.62. The summed E-state index contributed by atoms with van der Waals surface area (Å²) >= 11 is 0. The van der Waals surface area contributed by atoms with E-state index in [0.29, 0.717) is 0 Å². The molecule has 1 aliphatic rings. The van der Waals surface area contributed by atoms with Crippen LogP contribution in [0.25, 0.3) is 0 Å². The van der Waals surface area contributed by atoms with E-state index in [-0.39, 0.29) is 12.7 Å². The number of hydrogen-bond donors (Lipinski definition) is 0. The zero-order chi connectivity index (χ0) is 11.9. The maximum Gasteiger partial charge on any atom is 0.566 e. The average molecular weight is 220 g/mol. The van der Waals surface area contributed by atoms with Crippen molar-refractivity contribution < 1.29 is 9.31 Å². The molecule has 1 aromatic rings. The van der Waals surface area contributed by atoms with E-state index >= 15 is 0 Å². The first kappa shape index (κ1) is 11.3. The fourth-order valence-corrected chi connectivity index (χ4v) is 2.01. The van der Waals surface area contributed by atoms with Gasteiger partial charge in [-0.15, -0.1) is 0 Å². The molecule has 86 valence electrons. The van der Waals surface area contributed by atoms with Crippen LogP contribution in [0, 0.1) is 0 Å². The normalized spacial score (nSPS) is 18.8. The summed E-state index contributed by atoms with van der Waals surface area (Å²) in [4.78, 5) is 0. The zero-order valence-corrected chi connectivity index (χ0v) is 10.4. The molecule has 1 aliphatic heterocycles. The highest BCUT2D eigenvalue weighted by Gasteiger charge is 2.44. The van der Waals surface area contributed by atoms with Crippen molar-refractivity contribution in [2.75, 3.05) is 0 Å². The molecule has 1 aromatic heterocycles. The summed E-state index contributed by atoms with van der Waals surface area (Å²) in [5, 5.41) is 4.12. The summed E-state index contributed by atoms with van der Waals surface area (Å²) in [6, 6.07) is 0. The molecular formula is C11H17BN2O2. The second-order valence-electron chi connectivity index (χ2n) is 4.85. The lowest BCUT2D eigenvalue weighted by molar-refractivity contribution is 0.171. The Morgan fingerprint density at radius 2 is 2.12 bits per heavy atom. The highest BCUT2D eigenvalue weighted by molar-refractivity contribution is 6.62. The fourth-order valence-electron chi connectivity index (χ4n) is 2.01. The van der Waals surface area contributed by atoms with Crippen molar-refractivity contribution in [3.8, 4) is 0 Å². The van der Waals surface area contributed by atoms with Gasteiger partial charge in [-0.3, -0.25) is 4.68 Å². The number of allylic oxidation sites excluding steroid dienone is 1. The number of aryl methyl sites for hydroxylation is 1. The SMILES string of the molecule is CC(C)=C1OB(c2cnn(C)c2)OC1(C)C. The minimum absolute atomic E-state index is 0.339. The summed E-state index contributed by atoms with van der Waals surface area (Å²) in [5.74, 6) is 0.918. The molecule has 2 heterocycles. The van der Waals surface area contributed by atoms with Gasteiger partial charge in [0.2, 0.25) is 0 Å². The molecule has 0 aromatic carbocycles. The molecule has 5 heteroatoms. The van der Waals surface area contributed by atoms with E-state index in [1.54, 1.807) is 10.9 Å². The van der Waals surface area contributed by atoms with Crippen LogP contribution in [0.1, 0.15) is 27.7 Å². The van der Waals surface area contributed by atoms with Crippen LogP contribution in [-0.2, 0) is 16.4 Å². The Hall–Kier alpha value is -1.23. The minimum atomic E-state index is -0.362. The summed E-state index contributed by atoms with van der Waals surface area (Å²) in [6.45, 7) is 8.11. The van der Waals surface area contributed by atoms with Gasteiger partial charge >= 0.3 is 7.12 Å². The largest absolute Gasteiger partial charge is 0.566 e. The van der Waals surface area contributed by atoms with Crippen LogP contribution in [-0.4, -0.2) is 22.5 Å². The zero-order valence-electron chi connectivity index (χ0n) is 10.4. The van der Waals surface area contributed by atoms with Crippen molar-refractivity contribution in [3.63, 3.8) is 0 Å². The van der Waals surface area contributed by atoms with E-state index in [0.717, 1.165) is 16.8 Å². The average Bonchev–Trinajstić information content (AvgIpc) is 2.69. The van der Waals surface area contributed by atoms with Gasteiger partial charge in [-0.25, -0.2) is 0 Å². The lowest BCUT2D eigenvalue weighted by atomic mass is 9.82. The van der Waals surface area contributed by atoms with Crippen LogP contribution < -0.4 is 5.46 Å². The maximum atomic E-state index is 5.89. The molecule has 0 saturated carbocycles. The second-order valence-corrected chi connectivity index (χ2v) is 4.85. The maximum absolute atomic E-state index is 5.89. The third-order valence-corrected chi connectivity index (χ3v) is 2.62. The predicted molar refractivity (Wildman–Crippen MR) is 63.2 cm³/mol. The molecule has 1 fully saturated rings. The molecule has 0 amide bonds. The van der Waals surface area contributed by atoms with Gasteiger partial charge in [0, 0.05) is 18.7 Å². The quantitative estimate of drug-likeness (QED) is 0.668. The van der Waals surface area contributed by atoms with Gasteiger partial charge in [0.25, 0.3) is 0 Å². The Balaban J connectivity index is 2.28. The van der Waals surface area contributed by atoms with Gasteiger partial charge in [-0.1, -0.05) is 0 Å². The Morgan fingerprint density at radius 3 is 2.56 bits per heavy atom. The molecular weight excluding hydrogens is 203 g/mol. The standard InChI is InChI=1S/C11H17BN2O2/c1-8(2)10-11(3,4)16-12(15-10)9-6-13-14(5)7-9/h6-7H,1-5H3. The lowest BCUT2D eigenvalue weighted by Crippen LogP contribution is -2.33. The van der Waals surface area contributed by atoms with Crippen molar-refractivity contribution in [1.82, 2.24) is 9.78 Å². The van der Waals surface area contributed by atoms with Gasteiger partial charge in [0.1, 0.15) is 11.4 Å². The highest BCUT2D eigenvalue weighted by Crippen LogP contribution is 2.32. The third kappa shape index (κ3) is 1.87. The van der Waals surface area contributed by atoms with Gasteiger partial charge in [-0.05, 0) is 33.3 Å². The molecule has 0 N–H and O–H groups in total. The van der Waals surface area contributed by atoms with E-state index < -0.39 is 0 Å². The first-order valence-electron chi connectivity index (χ1n) is 5.41. The molecule has 4 nitrogen and oxygen atoms in total. The van der Waals surface area contributed by atoms with E-state index in [9.17, 15) is 0 Å². The molecule has 0 aliphatic carbocycles. The molecule has 16 heavy (non-hydrogen) atoms.